The molecule has 0 fully saturated rings. The fourth-order valence-corrected chi connectivity index (χ4v) is 1.40. The molecule has 0 spiro atoms. The topological polar surface area (TPSA) is 81.1 Å². The van der Waals surface area contributed by atoms with Gasteiger partial charge in [0.25, 0.3) is 0 Å². The van der Waals surface area contributed by atoms with Crippen molar-refractivity contribution >= 4 is 11.8 Å². The molecule has 6 nitrogen and oxygen atoms in total. The summed E-state index contributed by atoms with van der Waals surface area (Å²) in [5.41, 5.74) is 0. The standard InChI is InChI=1S/C12H22N2O4/c1-11(17)13(7-9-15)5-3-4-6-14(8-10-16)12(2)18/h3-4,15-16H,5-10H2,1-2H3/b4-3+. The Balaban J connectivity index is 4.13. The predicted octanol–water partition coefficient (Wildman–Crippen LogP) is -0.776. The molecule has 0 aliphatic rings. The summed E-state index contributed by atoms with van der Waals surface area (Å²) in [6.45, 7) is 4.14. The molecule has 2 N–H and O–H groups in total. The molecule has 0 aromatic heterocycles. The number of nitrogens with zero attached hydrogens (tertiary/aromatic N) is 2. The molecular weight excluding hydrogens is 236 g/mol. The van der Waals surface area contributed by atoms with Gasteiger partial charge in [0, 0.05) is 40.0 Å². The maximum atomic E-state index is 11.2. The lowest BCUT2D eigenvalue weighted by atomic mass is 10.3. The third-order valence-corrected chi connectivity index (χ3v) is 2.45. The Kier molecular flexibility index (Phi) is 8.86. The highest BCUT2D eigenvalue weighted by molar-refractivity contribution is 5.73. The zero-order chi connectivity index (χ0) is 14.0. The van der Waals surface area contributed by atoms with Crippen molar-refractivity contribution in [2.24, 2.45) is 0 Å². The van der Waals surface area contributed by atoms with Crippen LogP contribution in [0.1, 0.15) is 13.8 Å². The third kappa shape index (κ3) is 7.03. The number of carbonyl (C=O) groups is 2. The van der Waals surface area contributed by atoms with Crippen molar-refractivity contribution in [3.63, 3.8) is 0 Å². The van der Waals surface area contributed by atoms with Gasteiger partial charge in [0.1, 0.15) is 0 Å². The quantitative estimate of drug-likeness (QED) is 0.560. The first-order chi connectivity index (χ1) is 8.52. The molecule has 0 atom stereocenters. The van der Waals surface area contributed by atoms with Crippen molar-refractivity contribution in [3.05, 3.63) is 12.2 Å². The molecule has 0 aromatic rings. The number of rotatable bonds is 8. The van der Waals surface area contributed by atoms with Crippen LogP contribution in [-0.4, -0.2) is 71.2 Å². The molecule has 0 bridgehead atoms. The summed E-state index contributed by atoms with van der Waals surface area (Å²) in [6.07, 6.45) is 3.54. The number of hydrogen-bond donors (Lipinski definition) is 2. The van der Waals surface area contributed by atoms with E-state index in [0.717, 1.165) is 0 Å². The van der Waals surface area contributed by atoms with Crippen molar-refractivity contribution in [2.45, 2.75) is 13.8 Å². The van der Waals surface area contributed by atoms with E-state index in [1.807, 2.05) is 0 Å². The zero-order valence-corrected chi connectivity index (χ0v) is 11.0. The summed E-state index contributed by atoms with van der Waals surface area (Å²) in [6, 6.07) is 0. The molecule has 0 unspecified atom stereocenters. The number of amides is 2. The molecular formula is C12H22N2O4. The van der Waals surface area contributed by atoms with Gasteiger partial charge in [0.15, 0.2) is 0 Å². The molecule has 0 aromatic carbocycles. The van der Waals surface area contributed by atoms with Gasteiger partial charge >= 0.3 is 0 Å². The molecule has 0 radical (unpaired) electrons. The van der Waals surface area contributed by atoms with Crippen molar-refractivity contribution in [1.82, 2.24) is 9.80 Å². The molecule has 0 saturated carbocycles. The van der Waals surface area contributed by atoms with Crippen molar-refractivity contribution in [3.8, 4) is 0 Å². The largest absolute Gasteiger partial charge is 0.395 e. The summed E-state index contributed by atoms with van der Waals surface area (Å²) < 4.78 is 0. The van der Waals surface area contributed by atoms with E-state index in [-0.39, 0.29) is 25.0 Å². The van der Waals surface area contributed by atoms with Crippen LogP contribution in [0.3, 0.4) is 0 Å². The van der Waals surface area contributed by atoms with E-state index < -0.39 is 0 Å². The van der Waals surface area contributed by atoms with Gasteiger partial charge in [-0.1, -0.05) is 12.2 Å². The van der Waals surface area contributed by atoms with Crippen molar-refractivity contribution in [1.29, 1.82) is 0 Å². The van der Waals surface area contributed by atoms with E-state index in [1.54, 1.807) is 12.2 Å². The van der Waals surface area contributed by atoms with Gasteiger partial charge < -0.3 is 20.0 Å². The molecule has 6 heteroatoms. The minimum atomic E-state index is -0.104. The highest BCUT2D eigenvalue weighted by Gasteiger charge is 2.06. The first kappa shape index (κ1) is 16.6. The van der Waals surface area contributed by atoms with Gasteiger partial charge in [-0.3, -0.25) is 9.59 Å². The van der Waals surface area contributed by atoms with Gasteiger partial charge in [0.2, 0.25) is 11.8 Å². The van der Waals surface area contributed by atoms with Crippen LogP contribution in [0.5, 0.6) is 0 Å². The van der Waals surface area contributed by atoms with Crippen LogP contribution in [-0.2, 0) is 9.59 Å². The second-order valence-corrected chi connectivity index (χ2v) is 3.85. The van der Waals surface area contributed by atoms with E-state index in [2.05, 4.69) is 0 Å². The Bertz CT molecular complexity index is 264. The van der Waals surface area contributed by atoms with E-state index in [1.165, 1.54) is 23.6 Å². The summed E-state index contributed by atoms with van der Waals surface area (Å²) in [7, 11) is 0. The minimum absolute atomic E-state index is 0.0719. The van der Waals surface area contributed by atoms with Crippen LogP contribution in [0.2, 0.25) is 0 Å². The average Bonchev–Trinajstić information content (AvgIpc) is 2.30. The van der Waals surface area contributed by atoms with Gasteiger partial charge in [-0.15, -0.1) is 0 Å². The van der Waals surface area contributed by atoms with Gasteiger partial charge in [-0.2, -0.15) is 0 Å². The highest BCUT2D eigenvalue weighted by atomic mass is 16.3. The molecule has 0 saturated heterocycles. The first-order valence-electron chi connectivity index (χ1n) is 5.90. The molecule has 0 rings (SSSR count). The lowest BCUT2D eigenvalue weighted by Crippen LogP contribution is -2.33. The second kappa shape index (κ2) is 9.61. The summed E-state index contributed by atoms with van der Waals surface area (Å²) in [4.78, 5) is 25.3. The molecule has 0 heterocycles. The predicted molar refractivity (Wildman–Crippen MR) is 67.8 cm³/mol. The maximum absolute atomic E-state index is 11.2. The Morgan fingerprint density at radius 2 is 1.22 bits per heavy atom. The van der Waals surface area contributed by atoms with Crippen LogP contribution < -0.4 is 0 Å². The van der Waals surface area contributed by atoms with E-state index in [4.69, 9.17) is 10.2 Å². The van der Waals surface area contributed by atoms with Crippen molar-refractivity contribution < 1.29 is 19.8 Å². The normalized spacial score (nSPS) is 10.7. The van der Waals surface area contributed by atoms with Crippen molar-refractivity contribution in [2.75, 3.05) is 39.4 Å². The number of hydrogen-bond acceptors (Lipinski definition) is 4. The summed E-state index contributed by atoms with van der Waals surface area (Å²) >= 11 is 0. The van der Waals surface area contributed by atoms with Crippen LogP contribution in [0.25, 0.3) is 0 Å². The molecule has 18 heavy (non-hydrogen) atoms. The Hall–Kier alpha value is -1.40. The summed E-state index contributed by atoms with van der Waals surface area (Å²) in [5.74, 6) is -0.208. The second-order valence-electron chi connectivity index (χ2n) is 3.85. The monoisotopic (exact) mass is 258 g/mol. The molecule has 0 aliphatic carbocycles. The lowest BCUT2D eigenvalue weighted by molar-refractivity contribution is -0.129. The molecule has 0 aliphatic heterocycles. The van der Waals surface area contributed by atoms with Gasteiger partial charge in [-0.05, 0) is 0 Å². The number of aliphatic hydroxyl groups is 2. The summed E-state index contributed by atoms with van der Waals surface area (Å²) in [5, 5.41) is 17.5. The molecule has 104 valence electrons. The number of aliphatic hydroxyl groups excluding tert-OH is 2. The lowest BCUT2D eigenvalue weighted by Gasteiger charge is -2.19. The van der Waals surface area contributed by atoms with E-state index in [0.29, 0.717) is 26.2 Å². The Morgan fingerprint density at radius 3 is 1.44 bits per heavy atom. The Morgan fingerprint density at radius 1 is 0.889 bits per heavy atom. The van der Waals surface area contributed by atoms with Crippen LogP contribution >= 0.6 is 0 Å². The number of carbonyl (C=O) groups excluding carboxylic acids is 2. The van der Waals surface area contributed by atoms with Gasteiger partial charge in [0.05, 0.1) is 13.2 Å². The highest BCUT2D eigenvalue weighted by Crippen LogP contribution is 1.93. The molecule has 2 amide bonds. The Labute approximate surface area is 107 Å². The third-order valence-electron chi connectivity index (χ3n) is 2.45. The zero-order valence-electron chi connectivity index (χ0n) is 11.0. The first-order valence-corrected chi connectivity index (χ1v) is 5.90. The fraction of sp³-hybridized carbons (Fsp3) is 0.667. The minimum Gasteiger partial charge on any atom is -0.395 e. The van der Waals surface area contributed by atoms with E-state index in [9.17, 15) is 9.59 Å². The van der Waals surface area contributed by atoms with Crippen LogP contribution in [0.15, 0.2) is 12.2 Å². The smallest absolute Gasteiger partial charge is 0.219 e. The fourth-order valence-electron chi connectivity index (χ4n) is 1.40. The van der Waals surface area contributed by atoms with Gasteiger partial charge in [-0.25, -0.2) is 0 Å². The maximum Gasteiger partial charge on any atom is 0.219 e. The van der Waals surface area contributed by atoms with Crippen LogP contribution in [0, 0.1) is 0 Å². The van der Waals surface area contributed by atoms with E-state index >= 15 is 0 Å². The average molecular weight is 258 g/mol. The van der Waals surface area contributed by atoms with Crippen LogP contribution in [0.4, 0.5) is 0 Å². The SMILES string of the molecule is CC(=O)N(C/C=C/CN(CCO)C(C)=O)CCO.